The van der Waals surface area contributed by atoms with Gasteiger partial charge in [0.05, 0.1) is 17.5 Å². The van der Waals surface area contributed by atoms with Crippen molar-refractivity contribution in [2.24, 2.45) is 0 Å². The van der Waals surface area contributed by atoms with E-state index in [1.165, 1.54) is 16.9 Å². The maximum atomic E-state index is 2.51. The van der Waals surface area contributed by atoms with Gasteiger partial charge in [-0.15, -0.1) is 0 Å². The second-order valence-electron chi connectivity index (χ2n) is 7.74. The first-order valence-electron chi connectivity index (χ1n) is 7.20. The maximum absolute atomic E-state index is 2.51. The molecule has 0 saturated heterocycles. The van der Waals surface area contributed by atoms with Gasteiger partial charge in [-0.3, -0.25) is 0 Å². The molecule has 19 heavy (non-hydrogen) atoms. The summed E-state index contributed by atoms with van der Waals surface area (Å²) >= 11 is 0. The molecule has 1 aromatic carbocycles. The van der Waals surface area contributed by atoms with E-state index >= 15 is 0 Å². The predicted molar refractivity (Wildman–Crippen MR) is 85.2 cm³/mol. The number of anilines is 2. The summed E-state index contributed by atoms with van der Waals surface area (Å²) in [5, 5.41) is 0. The molecule has 0 fully saturated rings. The summed E-state index contributed by atoms with van der Waals surface area (Å²) in [5.41, 5.74) is 4.46. The molecule has 0 radical (unpaired) electrons. The van der Waals surface area contributed by atoms with Crippen molar-refractivity contribution in [3.05, 3.63) is 23.8 Å². The fourth-order valence-corrected chi connectivity index (χ4v) is 2.97. The topological polar surface area (TPSA) is 6.48 Å². The van der Waals surface area contributed by atoms with Crippen molar-refractivity contribution in [1.29, 1.82) is 0 Å². The summed E-state index contributed by atoms with van der Waals surface area (Å²) in [6.45, 7) is 15.9. The molecule has 0 bridgehead atoms. The van der Waals surface area contributed by atoms with Crippen molar-refractivity contribution >= 4 is 11.4 Å². The molecule has 1 aliphatic rings. The van der Waals surface area contributed by atoms with Gasteiger partial charge in [0.25, 0.3) is 0 Å². The Labute approximate surface area is 118 Å². The van der Waals surface area contributed by atoms with Gasteiger partial charge < -0.3 is 9.80 Å². The molecule has 106 valence electrons. The van der Waals surface area contributed by atoms with Crippen molar-refractivity contribution in [2.45, 2.75) is 65.6 Å². The molecule has 1 aromatic rings. The van der Waals surface area contributed by atoms with E-state index in [2.05, 4.69) is 83.5 Å². The lowest BCUT2D eigenvalue weighted by Gasteiger charge is -2.39. The third-order valence-corrected chi connectivity index (χ3v) is 4.14. The molecule has 1 unspecified atom stereocenters. The highest BCUT2D eigenvalue weighted by molar-refractivity contribution is 5.79. The van der Waals surface area contributed by atoms with Gasteiger partial charge in [0, 0.05) is 12.6 Å². The zero-order valence-electron chi connectivity index (χ0n) is 13.7. The monoisotopic (exact) mass is 260 g/mol. The minimum atomic E-state index is 0.141. The van der Waals surface area contributed by atoms with Crippen molar-refractivity contribution in [1.82, 2.24) is 0 Å². The molecular weight excluding hydrogens is 232 g/mol. The van der Waals surface area contributed by atoms with Crippen molar-refractivity contribution in [3.8, 4) is 0 Å². The normalized spacial score (nSPS) is 19.9. The summed E-state index contributed by atoms with van der Waals surface area (Å²) < 4.78 is 0. The molecule has 2 rings (SSSR count). The number of benzene rings is 1. The van der Waals surface area contributed by atoms with Gasteiger partial charge in [-0.1, -0.05) is 26.8 Å². The second-order valence-corrected chi connectivity index (χ2v) is 7.74. The Morgan fingerprint density at radius 1 is 0.947 bits per heavy atom. The predicted octanol–water partition coefficient (Wildman–Crippen LogP) is 4.38. The molecule has 2 heteroatoms. The van der Waals surface area contributed by atoms with E-state index < -0.39 is 0 Å². The molecular formula is C17H28N2. The second kappa shape index (κ2) is 4.16. The maximum Gasteiger partial charge on any atom is 0.0990 e. The number of hydrogen-bond acceptors (Lipinski definition) is 2. The first-order valence-corrected chi connectivity index (χ1v) is 7.20. The fraction of sp³-hybridized carbons (Fsp3) is 0.647. The van der Waals surface area contributed by atoms with E-state index in [4.69, 9.17) is 0 Å². The van der Waals surface area contributed by atoms with Crippen LogP contribution in [0.25, 0.3) is 0 Å². The highest BCUT2D eigenvalue weighted by Crippen LogP contribution is 2.44. The van der Waals surface area contributed by atoms with Crippen molar-refractivity contribution < 1.29 is 0 Å². The standard InChI is InChI=1S/C17H28N2/c1-12-18(8)15-11-13(16(2,3)4)9-10-14(15)19(12)17(5,6)7/h9-12H,1-8H3. The molecule has 0 spiro atoms. The molecule has 0 aliphatic carbocycles. The third-order valence-electron chi connectivity index (χ3n) is 4.14. The summed E-state index contributed by atoms with van der Waals surface area (Å²) in [7, 11) is 2.20. The van der Waals surface area contributed by atoms with Gasteiger partial charge >= 0.3 is 0 Å². The SMILES string of the molecule is CC1N(C)c2cc(C(C)(C)C)ccc2N1C(C)(C)C. The van der Waals surface area contributed by atoms with E-state index in [0.717, 1.165) is 0 Å². The molecule has 0 amide bonds. The molecule has 0 aromatic heterocycles. The molecule has 0 saturated carbocycles. The van der Waals surface area contributed by atoms with Crippen LogP contribution in [-0.4, -0.2) is 18.8 Å². The van der Waals surface area contributed by atoms with Crippen LogP contribution in [0.3, 0.4) is 0 Å². The van der Waals surface area contributed by atoms with Crippen LogP contribution in [-0.2, 0) is 5.41 Å². The lowest BCUT2D eigenvalue weighted by molar-refractivity contribution is 0.464. The first kappa shape index (κ1) is 14.2. The Morgan fingerprint density at radius 2 is 1.53 bits per heavy atom. The highest BCUT2D eigenvalue weighted by atomic mass is 15.4. The van der Waals surface area contributed by atoms with E-state index in [1.54, 1.807) is 0 Å². The van der Waals surface area contributed by atoms with Gasteiger partial charge in [0.2, 0.25) is 0 Å². The van der Waals surface area contributed by atoms with Crippen LogP contribution in [0.4, 0.5) is 11.4 Å². The van der Waals surface area contributed by atoms with Crippen molar-refractivity contribution in [3.63, 3.8) is 0 Å². The summed E-state index contributed by atoms with van der Waals surface area (Å²) in [6, 6.07) is 6.93. The number of fused-ring (bicyclic) bond motifs is 1. The lowest BCUT2D eigenvalue weighted by Crippen LogP contribution is -2.49. The Hall–Kier alpha value is -1.18. The Bertz CT molecular complexity index is 477. The minimum Gasteiger partial charge on any atom is -0.353 e. The summed E-state index contributed by atoms with van der Waals surface area (Å²) in [5.74, 6) is 0. The Morgan fingerprint density at radius 3 is 2.00 bits per heavy atom. The summed E-state index contributed by atoms with van der Waals surface area (Å²) in [6.07, 6.45) is 0.408. The quantitative estimate of drug-likeness (QED) is 0.683. The molecule has 1 heterocycles. The average Bonchev–Trinajstić information content (AvgIpc) is 2.49. The molecule has 1 atom stereocenters. The van der Waals surface area contributed by atoms with Gasteiger partial charge in [0.1, 0.15) is 0 Å². The van der Waals surface area contributed by atoms with Gasteiger partial charge in [-0.05, 0) is 50.8 Å². The van der Waals surface area contributed by atoms with Crippen LogP contribution in [0.2, 0.25) is 0 Å². The van der Waals surface area contributed by atoms with Crippen LogP contribution < -0.4 is 9.80 Å². The van der Waals surface area contributed by atoms with E-state index in [-0.39, 0.29) is 11.0 Å². The Kier molecular flexibility index (Phi) is 3.11. The molecule has 1 aliphatic heterocycles. The third kappa shape index (κ3) is 2.33. The summed E-state index contributed by atoms with van der Waals surface area (Å²) in [4.78, 5) is 4.89. The van der Waals surface area contributed by atoms with Crippen LogP contribution >= 0.6 is 0 Å². The zero-order valence-corrected chi connectivity index (χ0v) is 13.7. The van der Waals surface area contributed by atoms with E-state index in [1.807, 2.05) is 0 Å². The van der Waals surface area contributed by atoms with Crippen molar-refractivity contribution in [2.75, 3.05) is 16.8 Å². The largest absolute Gasteiger partial charge is 0.353 e. The highest BCUT2D eigenvalue weighted by Gasteiger charge is 2.37. The Balaban J connectivity index is 2.54. The fourth-order valence-electron chi connectivity index (χ4n) is 2.97. The average molecular weight is 260 g/mol. The van der Waals surface area contributed by atoms with Gasteiger partial charge in [0.15, 0.2) is 0 Å². The molecule has 0 N–H and O–H groups in total. The first-order chi connectivity index (χ1) is 8.53. The van der Waals surface area contributed by atoms with Crippen LogP contribution in [0.15, 0.2) is 18.2 Å². The van der Waals surface area contributed by atoms with Gasteiger partial charge in [-0.25, -0.2) is 0 Å². The minimum absolute atomic E-state index is 0.141. The van der Waals surface area contributed by atoms with Crippen LogP contribution in [0, 0.1) is 0 Å². The van der Waals surface area contributed by atoms with Gasteiger partial charge in [-0.2, -0.15) is 0 Å². The smallest absolute Gasteiger partial charge is 0.0990 e. The lowest BCUT2D eigenvalue weighted by atomic mass is 9.86. The van der Waals surface area contributed by atoms with Crippen LogP contribution in [0.1, 0.15) is 54.0 Å². The van der Waals surface area contributed by atoms with Crippen LogP contribution in [0.5, 0.6) is 0 Å². The van der Waals surface area contributed by atoms with E-state index in [9.17, 15) is 0 Å². The zero-order chi connectivity index (χ0) is 14.6. The van der Waals surface area contributed by atoms with E-state index in [0.29, 0.717) is 6.17 Å². The number of hydrogen-bond donors (Lipinski definition) is 0. The number of nitrogens with zero attached hydrogens (tertiary/aromatic N) is 2. The number of rotatable bonds is 0. The molecule has 2 nitrogen and oxygen atoms in total.